The number of halogens is 1. The zero-order valence-corrected chi connectivity index (χ0v) is 18.2. The molecule has 2 amide bonds. The van der Waals surface area contributed by atoms with Crippen LogP contribution >= 0.6 is 15.9 Å². The first-order valence-corrected chi connectivity index (χ1v) is 10.1. The van der Waals surface area contributed by atoms with E-state index in [1.54, 1.807) is 37.3 Å². The SMILES string of the molecule is COc1cc(C2NC(=O)NC(C)=C2C(=O)OCc2ccc3c(c2)OCO3)cc(Br)c1O. The summed E-state index contributed by atoms with van der Waals surface area (Å²) < 4.78 is 21.7. The predicted octanol–water partition coefficient (Wildman–Crippen LogP) is 3.26. The third-order valence-corrected chi connectivity index (χ3v) is 5.50. The van der Waals surface area contributed by atoms with Crippen molar-refractivity contribution < 1.29 is 33.6 Å². The van der Waals surface area contributed by atoms with Crippen LogP contribution in [0, 0.1) is 0 Å². The summed E-state index contributed by atoms with van der Waals surface area (Å²) in [6, 6.07) is 7.17. The second-order valence-electron chi connectivity index (χ2n) is 6.89. The van der Waals surface area contributed by atoms with Gasteiger partial charge in [-0.15, -0.1) is 0 Å². The van der Waals surface area contributed by atoms with Crippen molar-refractivity contribution in [1.29, 1.82) is 0 Å². The van der Waals surface area contributed by atoms with Crippen molar-refractivity contribution in [3.8, 4) is 23.0 Å². The smallest absolute Gasteiger partial charge is 0.338 e. The van der Waals surface area contributed by atoms with Crippen molar-refractivity contribution in [2.45, 2.75) is 19.6 Å². The molecule has 1 unspecified atom stereocenters. The van der Waals surface area contributed by atoms with Crippen LogP contribution < -0.4 is 24.8 Å². The molecule has 0 spiro atoms. The van der Waals surface area contributed by atoms with Gasteiger partial charge in [0.1, 0.15) is 6.61 Å². The molecule has 9 nitrogen and oxygen atoms in total. The number of phenolic OH excluding ortho intramolecular Hbond substituents is 1. The zero-order valence-electron chi connectivity index (χ0n) is 16.7. The highest BCUT2D eigenvalue weighted by molar-refractivity contribution is 9.10. The average molecular weight is 491 g/mol. The molecule has 3 N–H and O–H groups in total. The van der Waals surface area contributed by atoms with E-state index in [1.807, 2.05) is 0 Å². The van der Waals surface area contributed by atoms with Gasteiger partial charge in [0.15, 0.2) is 23.0 Å². The van der Waals surface area contributed by atoms with E-state index in [-0.39, 0.29) is 30.5 Å². The molecule has 0 fully saturated rings. The van der Waals surface area contributed by atoms with Crippen LogP contribution in [0.5, 0.6) is 23.0 Å². The normalized spacial score (nSPS) is 17.1. The van der Waals surface area contributed by atoms with Crippen molar-refractivity contribution in [2.75, 3.05) is 13.9 Å². The van der Waals surface area contributed by atoms with Crippen molar-refractivity contribution in [3.05, 3.63) is 57.2 Å². The van der Waals surface area contributed by atoms with Crippen molar-refractivity contribution in [2.24, 2.45) is 0 Å². The summed E-state index contributed by atoms with van der Waals surface area (Å²) in [5.74, 6) is 0.743. The lowest BCUT2D eigenvalue weighted by Gasteiger charge is -2.28. The average Bonchev–Trinajstić information content (AvgIpc) is 3.21. The van der Waals surface area contributed by atoms with Crippen LogP contribution in [0.2, 0.25) is 0 Å². The third kappa shape index (κ3) is 4.11. The van der Waals surface area contributed by atoms with Gasteiger partial charge in [-0.1, -0.05) is 6.07 Å². The van der Waals surface area contributed by atoms with Gasteiger partial charge in [-0.25, -0.2) is 9.59 Å². The molecular formula is C21H19BrN2O7. The number of esters is 1. The number of benzene rings is 2. The summed E-state index contributed by atoms with van der Waals surface area (Å²) in [6.45, 7) is 1.79. The number of methoxy groups -OCH3 is 1. The van der Waals surface area contributed by atoms with Crippen LogP contribution in [0.15, 0.2) is 46.1 Å². The summed E-state index contributed by atoms with van der Waals surface area (Å²) in [7, 11) is 1.41. The number of carbonyl (C=O) groups is 2. The molecule has 2 aromatic carbocycles. The van der Waals surface area contributed by atoms with Crippen molar-refractivity contribution >= 4 is 27.9 Å². The zero-order chi connectivity index (χ0) is 22.1. The van der Waals surface area contributed by atoms with Gasteiger partial charge in [0.25, 0.3) is 0 Å². The standard InChI is InChI=1S/C21H19BrN2O7/c1-10-17(20(26)29-8-11-3-4-14-15(5-11)31-9-30-14)18(24-21(27)23-10)12-6-13(22)19(25)16(7-12)28-2/h3-7,18,25H,8-9H2,1-2H3,(H2,23,24,27). The minimum Gasteiger partial charge on any atom is -0.503 e. The molecule has 0 saturated heterocycles. The van der Waals surface area contributed by atoms with E-state index < -0.39 is 18.0 Å². The van der Waals surface area contributed by atoms with E-state index >= 15 is 0 Å². The van der Waals surface area contributed by atoms with E-state index in [1.165, 1.54) is 7.11 Å². The van der Waals surface area contributed by atoms with Gasteiger partial charge in [0.2, 0.25) is 6.79 Å². The number of rotatable bonds is 5. The Bertz CT molecular complexity index is 1100. The number of allylic oxidation sites excluding steroid dienone is 1. The molecule has 0 aliphatic carbocycles. The minimum absolute atomic E-state index is 0.00944. The first-order chi connectivity index (χ1) is 14.9. The van der Waals surface area contributed by atoms with Gasteiger partial charge >= 0.3 is 12.0 Å². The number of hydrogen-bond donors (Lipinski definition) is 3. The maximum Gasteiger partial charge on any atom is 0.338 e. The van der Waals surface area contributed by atoms with Gasteiger partial charge in [-0.2, -0.15) is 0 Å². The minimum atomic E-state index is -0.802. The molecule has 2 aliphatic heterocycles. The molecule has 0 saturated carbocycles. The predicted molar refractivity (Wildman–Crippen MR) is 112 cm³/mol. The fourth-order valence-electron chi connectivity index (χ4n) is 3.39. The van der Waals surface area contributed by atoms with E-state index in [4.69, 9.17) is 18.9 Å². The molecular weight excluding hydrogens is 472 g/mol. The highest BCUT2D eigenvalue weighted by Gasteiger charge is 2.33. The Kier molecular flexibility index (Phi) is 5.64. The first kappa shape index (κ1) is 20.9. The molecule has 2 aromatic rings. The van der Waals surface area contributed by atoms with Crippen LogP contribution in [0.3, 0.4) is 0 Å². The summed E-state index contributed by atoms with van der Waals surface area (Å²) in [5, 5.41) is 15.4. The van der Waals surface area contributed by atoms with Gasteiger partial charge < -0.3 is 34.7 Å². The third-order valence-electron chi connectivity index (χ3n) is 4.90. The second-order valence-corrected chi connectivity index (χ2v) is 7.74. The summed E-state index contributed by atoms with van der Waals surface area (Å²) in [4.78, 5) is 25.1. The quantitative estimate of drug-likeness (QED) is 0.550. The first-order valence-electron chi connectivity index (χ1n) is 9.27. The lowest BCUT2D eigenvalue weighted by Crippen LogP contribution is -2.45. The van der Waals surface area contributed by atoms with Gasteiger partial charge in [0, 0.05) is 5.70 Å². The van der Waals surface area contributed by atoms with Crippen LogP contribution in [0.25, 0.3) is 0 Å². The molecule has 0 bridgehead atoms. The summed E-state index contributed by atoms with van der Waals surface area (Å²) >= 11 is 3.26. The molecule has 162 valence electrons. The molecule has 10 heteroatoms. The Morgan fingerprint density at radius 2 is 2.03 bits per heavy atom. The number of carbonyl (C=O) groups excluding carboxylic acids is 2. The maximum absolute atomic E-state index is 13.0. The van der Waals surface area contributed by atoms with E-state index in [9.17, 15) is 14.7 Å². The van der Waals surface area contributed by atoms with E-state index in [0.717, 1.165) is 5.56 Å². The highest BCUT2D eigenvalue weighted by atomic mass is 79.9. The number of hydrogen-bond acceptors (Lipinski definition) is 7. The second kappa shape index (κ2) is 8.38. The summed E-state index contributed by atoms with van der Waals surface area (Å²) in [6.07, 6.45) is 0. The van der Waals surface area contributed by atoms with Gasteiger partial charge in [-0.05, 0) is 58.2 Å². The Morgan fingerprint density at radius 1 is 1.26 bits per heavy atom. The number of phenols is 1. The lowest BCUT2D eigenvalue weighted by atomic mass is 9.95. The van der Waals surface area contributed by atoms with Crippen LogP contribution in [0.1, 0.15) is 24.1 Å². The number of urea groups is 1. The number of nitrogens with one attached hydrogen (secondary N) is 2. The largest absolute Gasteiger partial charge is 0.503 e. The molecule has 0 aromatic heterocycles. The molecule has 0 radical (unpaired) electrons. The van der Waals surface area contributed by atoms with Crippen molar-refractivity contribution in [3.63, 3.8) is 0 Å². The fraction of sp³-hybridized carbons (Fsp3) is 0.238. The Morgan fingerprint density at radius 3 is 2.81 bits per heavy atom. The number of ether oxygens (including phenoxy) is 4. The fourth-order valence-corrected chi connectivity index (χ4v) is 3.85. The molecule has 31 heavy (non-hydrogen) atoms. The lowest BCUT2D eigenvalue weighted by molar-refractivity contribution is -0.140. The number of amides is 2. The monoisotopic (exact) mass is 490 g/mol. The van der Waals surface area contributed by atoms with Crippen molar-refractivity contribution in [1.82, 2.24) is 10.6 Å². The van der Waals surface area contributed by atoms with Gasteiger partial charge in [-0.3, -0.25) is 0 Å². The molecule has 2 heterocycles. The maximum atomic E-state index is 13.0. The van der Waals surface area contributed by atoms with Crippen LogP contribution in [-0.4, -0.2) is 31.0 Å². The molecule has 4 rings (SSSR count). The van der Waals surface area contributed by atoms with Crippen LogP contribution in [-0.2, 0) is 16.1 Å². The molecule has 1 atom stereocenters. The number of aromatic hydroxyl groups is 1. The van der Waals surface area contributed by atoms with Gasteiger partial charge in [0.05, 0.1) is 23.2 Å². The summed E-state index contributed by atoms with van der Waals surface area (Å²) in [5.41, 5.74) is 1.87. The number of fused-ring (bicyclic) bond motifs is 1. The van der Waals surface area contributed by atoms with E-state index in [0.29, 0.717) is 27.2 Å². The highest BCUT2D eigenvalue weighted by Crippen LogP contribution is 2.39. The molecule has 2 aliphatic rings. The Balaban J connectivity index is 1.59. The van der Waals surface area contributed by atoms with Crippen LogP contribution in [0.4, 0.5) is 4.79 Å². The Hall–Kier alpha value is -3.40. The Labute approximate surface area is 186 Å². The van der Waals surface area contributed by atoms with E-state index in [2.05, 4.69) is 26.6 Å². The topological polar surface area (TPSA) is 115 Å².